The van der Waals surface area contributed by atoms with Crippen molar-refractivity contribution in [1.29, 1.82) is 5.26 Å². The van der Waals surface area contributed by atoms with E-state index in [0.29, 0.717) is 42.3 Å². The zero-order valence-corrected chi connectivity index (χ0v) is 11.8. The molecule has 0 radical (unpaired) electrons. The molecule has 0 N–H and O–H groups in total. The molecule has 0 unspecified atom stereocenters. The fraction of sp³-hybridized carbons (Fsp3) is 0.235. The fourth-order valence-corrected chi connectivity index (χ4v) is 1.82. The molecule has 0 atom stereocenters. The molecule has 0 aliphatic carbocycles. The van der Waals surface area contributed by atoms with Crippen molar-refractivity contribution in [2.75, 3.05) is 13.2 Å². The predicted octanol–water partition coefficient (Wildman–Crippen LogP) is 3.85. The van der Waals surface area contributed by atoms with Crippen LogP contribution in [-0.4, -0.2) is 13.2 Å². The van der Waals surface area contributed by atoms with E-state index in [1.807, 2.05) is 6.07 Å². The second-order valence-electron chi connectivity index (χ2n) is 4.57. The van der Waals surface area contributed by atoms with Gasteiger partial charge in [0.1, 0.15) is 23.4 Å². The van der Waals surface area contributed by atoms with Crippen LogP contribution in [0.15, 0.2) is 42.5 Å². The molecule has 21 heavy (non-hydrogen) atoms. The van der Waals surface area contributed by atoms with E-state index in [1.165, 1.54) is 6.07 Å². The predicted molar refractivity (Wildman–Crippen MR) is 77.9 cm³/mol. The van der Waals surface area contributed by atoms with Crippen molar-refractivity contribution in [3.63, 3.8) is 0 Å². The summed E-state index contributed by atoms with van der Waals surface area (Å²) in [6.07, 6.45) is 0.677. The summed E-state index contributed by atoms with van der Waals surface area (Å²) < 4.78 is 24.2. The summed E-state index contributed by atoms with van der Waals surface area (Å²) in [5.41, 5.74) is 1.08. The number of hydrogen-bond donors (Lipinski definition) is 0. The number of hydrogen-bond acceptors (Lipinski definition) is 3. The quantitative estimate of drug-likeness (QED) is 0.757. The minimum Gasteiger partial charge on any atom is -0.493 e. The zero-order valence-electron chi connectivity index (χ0n) is 11.8. The lowest BCUT2D eigenvalue weighted by atomic mass is 10.2. The highest BCUT2D eigenvalue weighted by molar-refractivity contribution is 5.42. The Morgan fingerprint density at radius 3 is 2.62 bits per heavy atom. The van der Waals surface area contributed by atoms with Crippen LogP contribution in [-0.2, 0) is 0 Å². The Balaban J connectivity index is 1.75. The topological polar surface area (TPSA) is 42.2 Å². The third kappa shape index (κ3) is 4.22. The van der Waals surface area contributed by atoms with Gasteiger partial charge in [-0.3, -0.25) is 0 Å². The average molecular weight is 285 g/mol. The van der Waals surface area contributed by atoms with Gasteiger partial charge in [0.05, 0.1) is 18.8 Å². The van der Waals surface area contributed by atoms with Gasteiger partial charge in [0, 0.05) is 6.42 Å². The Labute approximate surface area is 123 Å². The van der Waals surface area contributed by atoms with Gasteiger partial charge in [-0.1, -0.05) is 12.1 Å². The summed E-state index contributed by atoms with van der Waals surface area (Å²) in [5, 5.41) is 8.93. The van der Waals surface area contributed by atoms with E-state index < -0.39 is 0 Å². The lowest BCUT2D eigenvalue weighted by molar-refractivity contribution is 0.247. The highest BCUT2D eigenvalue weighted by atomic mass is 19.1. The average Bonchev–Trinajstić information content (AvgIpc) is 2.51. The molecular formula is C17H16FNO2. The monoisotopic (exact) mass is 285 g/mol. The van der Waals surface area contributed by atoms with Crippen molar-refractivity contribution in [2.45, 2.75) is 13.3 Å². The molecule has 0 aromatic heterocycles. The Morgan fingerprint density at radius 1 is 1.10 bits per heavy atom. The molecule has 0 amide bonds. The third-order valence-electron chi connectivity index (χ3n) is 2.95. The van der Waals surface area contributed by atoms with Gasteiger partial charge in [0.25, 0.3) is 0 Å². The normalized spacial score (nSPS) is 9.95. The van der Waals surface area contributed by atoms with E-state index >= 15 is 0 Å². The van der Waals surface area contributed by atoms with E-state index in [9.17, 15) is 4.39 Å². The van der Waals surface area contributed by atoms with Gasteiger partial charge >= 0.3 is 0 Å². The molecule has 2 aromatic carbocycles. The maximum Gasteiger partial charge on any atom is 0.137 e. The summed E-state index contributed by atoms with van der Waals surface area (Å²) >= 11 is 0. The van der Waals surface area contributed by atoms with Crippen molar-refractivity contribution >= 4 is 0 Å². The number of benzene rings is 2. The molecule has 3 nitrogen and oxygen atoms in total. The third-order valence-corrected chi connectivity index (χ3v) is 2.95. The van der Waals surface area contributed by atoms with E-state index in [4.69, 9.17) is 14.7 Å². The van der Waals surface area contributed by atoms with E-state index in [-0.39, 0.29) is 5.82 Å². The summed E-state index contributed by atoms with van der Waals surface area (Å²) in [6, 6.07) is 13.9. The van der Waals surface area contributed by atoms with Crippen LogP contribution >= 0.6 is 0 Å². The molecule has 0 heterocycles. The molecule has 2 aromatic rings. The number of aryl methyl sites for hydroxylation is 1. The van der Waals surface area contributed by atoms with Crippen molar-refractivity contribution in [3.8, 4) is 17.6 Å². The van der Waals surface area contributed by atoms with E-state index in [0.717, 1.165) is 0 Å². The molecule has 108 valence electrons. The minimum absolute atomic E-state index is 0.237. The molecule has 0 aliphatic heterocycles. The summed E-state index contributed by atoms with van der Waals surface area (Å²) in [5.74, 6) is 0.989. The molecule has 0 saturated heterocycles. The number of para-hydroxylation sites is 1. The van der Waals surface area contributed by atoms with Crippen molar-refractivity contribution < 1.29 is 13.9 Å². The van der Waals surface area contributed by atoms with Gasteiger partial charge in [-0.15, -0.1) is 0 Å². The standard InChI is InChI=1S/C17H16FNO2/c1-13-11-15(7-8-16(13)18)20-9-4-10-21-17-6-3-2-5-14(17)12-19/h2-3,5-8,11H,4,9-10H2,1H3. The Bertz CT molecular complexity index is 649. The van der Waals surface area contributed by atoms with Gasteiger partial charge in [0.15, 0.2) is 0 Å². The smallest absolute Gasteiger partial charge is 0.137 e. The number of rotatable bonds is 6. The SMILES string of the molecule is Cc1cc(OCCCOc2ccccc2C#N)ccc1F. The second-order valence-corrected chi connectivity index (χ2v) is 4.57. The van der Waals surface area contributed by atoms with Crippen LogP contribution in [0.4, 0.5) is 4.39 Å². The van der Waals surface area contributed by atoms with Gasteiger partial charge in [0.2, 0.25) is 0 Å². The maximum atomic E-state index is 13.1. The highest BCUT2D eigenvalue weighted by Gasteiger charge is 2.02. The first-order valence-corrected chi connectivity index (χ1v) is 6.71. The first kappa shape index (κ1) is 14.9. The first-order chi connectivity index (χ1) is 10.2. The molecule has 0 fully saturated rings. The molecular weight excluding hydrogens is 269 g/mol. The van der Waals surface area contributed by atoms with Crippen LogP contribution in [0.25, 0.3) is 0 Å². The summed E-state index contributed by atoms with van der Waals surface area (Å²) in [7, 11) is 0. The lowest BCUT2D eigenvalue weighted by Crippen LogP contribution is -2.05. The fourth-order valence-electron chi connectivity index (χ4n) is 1.82. The van der Waals surface area contributed by atoms with Gasteiger partial charge in [-0.2, -0.15) is 5.26 Å². The maximum absolute atomic E-state index is 13.1. The Hall–Kier alpha value is -2.54. The highest BCUT2D eigenvalue weighted by Crippen LogP contribution is 2.18. The molecule has 2 rings (SSSR count). The van der Waals surface area contributed by atoms with Crippen LogP contribution in [0.2, 0.25) is 0 Å². The minimum atomic E-state index is -0.237. The van der Waals surface area contributed by atoms with Crippen LogP contribution in [0.5, 0.6) is 11.5 Å². The van der Waals surface area contributed by atoms with Crippen molar-refractivity contribution in [1.82, 2.24) is 0 Å². The second kappa shape index (κ2) is 7.30. The largest absolute Gasteiger partial charge is 0.493 e. The number of nitriles is 1. The Kier molecular flexibility index (Phi) is 5.16. The van der Waals surface area contributed by atoms with E-state index in [1.54, 1.807) is 37.3 Å². The molecule has 0 saturated carbocycles. The molecule has 0 aliphatic rings. The summed E-state index contributed by atoms with van der Waals surface area (Å²) in [4.78, 5) is 0. The lowest BCUT2D eigenvalue weighted by Gasteiger charge is -2.09. The van der Waals surface area contributed by atoms with Crippen LogP contribution in [0.3, 0.4) is 0 Å². The van der Waals surface area contributed by atoms with Crippen LogP contribution in [0.1, 0.15) is 17.5 Å². The molecule has 0 spiro atoms. The number of nitrogens with zero attached hydrogens (tertiary/aromatic N) is 1. The first-order valence-electron chi connectivity index (χ1n) is 6.71. The molecule has 0 bridgehead atoms. The zero-order chi connectivity index (χ0) is 15.1. The van der Waals surface area contributed by atoms with Crippen LogP contribution < -0.4 is 9.47 Å². The van der Waals surface area contributed by atoms with Crippen molar-refractivity contribution in [3.05, 3.63) is 59.4 Å². The van der Waals surface area contributed by atoms with E-state index in [2.05, 4.69) is 6.07 Å². The van der Waals surface area contributed by atoms with Crippen LogP contribution in [0, 0.1) is 24.1 Å². The van der Waals surface area contributed by atoms with Gasteiger partial charge in [-0.25, -0.2) is 4.39 Å². The number of ether oxygens (including phenoxy) is 2. The van der Waals surface area contributed by atoms with Gasteiger partial charge in [-0.05, 0) is 42.8 Å². The molecule has 4 heteroatoms. The van der Waals surface area contributed by atoms with Gasteiger partial charge < -0.3 is 9.47 Å². The summed E-state index contributed by atoms with van der Waals surface area (Å²) in [6.45, 7) is 2.63. The Morgan fingerprint density at radius 2 is 1.86 bits per heavy atom. The number of halogens is 1. The van der Waals surface area contributed by atoms with Crippen molar-refractivity contribution in [2.24, 2.45) is 0 Å².